The molecule has 0 aliphatic carbocycles. The molecule has 0 aliphatic rings. The van der Waals surface area contributed by atoms with Crippen LogP contribution in [0.25, 0.3) is 0 Å². The summed E-state index contributed by atoms with van der Waals surface area (Å²) in [5.74, 6) is 3.03. The van der Waals surface area contributed by atoms with Gasteiger partial charge in [-0.15, -0.1) is 0 Å². The molecule has 0 aromatic heterocycles. The molecule has 0 N–H and O–H groups in total. The van der Waals surface area contributed by atoms with Gasteiger partial charge in [0.1, 0.15) is 5.94 Å². The van der Waals surface area contributed by atoms with E-state index in [0.717, 1.165) is 0 Å². The minimum atomic E-state index is -1.81. The first-order valence-electron chi connectivity index (χ1n) is 7.40. The highest BCUT2D eigenvalue weighted by Crippen LogP contribution is 2.52. The molecule has 0 unspecified atom stereocenters. The Kier molecular flexibility index (Phi) is 5.31. The minimum Gasteiger partial charge on any atom is -0.234 e. The summed E-state index contributed by atoms with van der Waals surface area (Å²) in [6.45, 7) is 25.5. The van der Waals surface area contributed by atoms with Gasteiger partial charge < -0.3 is 0 Å². The average Bonchev–Trinajstić information content (AvgIpc) is 2.14. The summed E-state index contributed by atoms with van der Waals surface area (Å²) in [6.07, 6.45) is 0. The van der Waals surface area contributed by atoms with Crippen molar-refractivity contribution in [1.29, 1.82) is 0 Å². The maximum atomic E-state index is 11.8. The first kappa shape index (κ1) is 18.9. The number of hydrogen-bond donors (Lipinski definition) is 0. The smallest absolute Gasteiger partial charge is 0.114 e. The van der Waals surface area contributed by atoms with Crippen LogP contribution in [0.1, 0.15) is 48.5 Å². The van der Waals surface area contributed by atoms with E-state index < -0.39 is 16.1 Å². The summed E-state index contributed by atoms with van der Waals surface area (Å²) < 4.78 is 0. The van der Waals surface area contributed by atoms with Gasteiger partial charge in [0, 0.05) is 0 Å². The standard InChI is InChI=1S/C16H34OSi2/c1-13(2)16(6,7)19(10,11)14(12-17)18(8,9)15(3,4)5/h13H,1-11H3. The van der Waals surface area contributed by atoms with Crippen molar-refractivity contribution in [2.45, 2.75) is 84.7 Å². The number of rotatable bonds is 4. The molecular weight excluding hydrogens is 264 g/mol. The fourth-order valence-corrected chi connectivity index (χ4v) is 14.1. The topological polar surface area (TPSA) is 17.1 Å². The third kappa shape index (κ3) is 3.14. The van der Waals surface area contributed by atoms with Gasteiger partial charge in [0.2, 0.25) is 0 Å². The molecule has 0 aromatic carbocycles. The van der Waals surface area contributed by atoms with E-state index in [1.54, 1.807) is 0 Å². The van der Waals surface area contributed by atoms with Crippen molar-refractivity contribution in [3.8, 4) is 0 Å². The normalized spacial score (nSPS) is 14.5. The van der Waals surface area contributed by atoms with Crippen LogP contribution < -0.4 is 0 Å². The van der Waals surface area contributed by atoms with Crippen molar-refractivity contribution in [3.63, 3.8) is 0 Å². The molecular formula is C16H34OSi2. The second kappa shape index (κ2) is 5.34. The van der Waals surface area contributed by atoms with Gasteiger partial charge in [-0.2, -0.15) is 0 Å². The van der Waals surface area contributed by atoms with E-state index in [-0.39, 0.29) is 10.1 Å². The highest BCUT2D eigenvalue weighted by atomic mass is 28.4. The molecule has 19 heavy (non-hydrogen) atoms. The van der Waals surface area contributed by atoms with Crippen LogP contribution in [0.4, 0.5) is 0 Å². The highest BCUT2D eigenvalue weighted by Gasteiger charge is 2.52. The van der Waals surface area contributed by atoms with Crippen molar-refractivity contribution in [1.82, 2.24) is 0 Å². The van der Waals surface area contributed by atoms with E-state index in [4.69, 9.17) is 0 Å². The molecule has 0 spiro atoms. The van der Waals surface area contributed by atoms with Crippen molar-refractivity contribution >= 4 is 22.1 Å². The quantitative estimate of drug-likeness (QED) is 0.496. The molecule has 0 heterocycles. The molecule has 3 heteroatoms. The van der Waals surface area contributed by atoms with E-state index in [2.05, 4.69) is 80.6 Å². The van der Waals surface area contributed by atoms with Gasteiger partial charge in [-0.25, -0.2) is 4.79 Å². The lowest BCUT2D eigenvalue weighted by atomic mass is 9.99. The van der Waals surface area contributed by atoms with Crippen LogP contribution in [0.5, 0.6) is 0 Å². The van der Waals surface area contributed by atoms with E-state index >= 15 is 0 Å². The van der Waals surface area contributed by atoms with Crippen molar-refractivity contribution in [2.24, 2.45) is 5.92 Å². The van der Waals surface area contributed by atoms with Crippen molar-refractivity contribution in [3.05, 3.63) is 4.82 Å². The molecule has 0 fully saturated rings. The van der Waals surface area contributed by atoms with Crippen LogP contribution in [0, 0.1) is 5.92 Å². The van der Waals surface area contributed by atoms with Crippen LogP contribution >= 0.6 is 0 Å². The third-order valence-electron chi connectivity index (χ3n) is 6.28. The SMILES string of the molecule is CC(C)C(C)(C)[Si](C)(C)C(=C=O)[Si](C)(C)C(C)(C)C. The Bertz CT molecular complexity index is 378. The Morgan fingerprint density at radius 1 is 0.895 bits per heavy atom. The van der Waals surface area contributed by atoms with E-state index in [1.807, 2.05) is 0 Å². The molecule has 112 valence electrons. The Labute approximate surface area is 122 Å². The van der Waals surface area contributed by atoms with Gasteiger partial charge in [0.25, 0.3) is 0 Å². The van der Waals surface area contributed by atoms with Crippen LogP contribution in [-0.2, 0) is 4.79 Å². The van der Waals surface area contributed by atoms with Crippen molar-refractivity contribution in [2.75, 3.05) is 0 Å². The predicted octanol–water partition coefficient (Wildman–Crippen LogP) is 5.48. The second-order valence-electron chi connectivity index (χ2n) is 8.85. The lowest BCUT2D eigenvalue weighted by Gasteiger charge is -2.50. The van der Waals surface area contributed by atoms with E-state index in [9.17, 15) is 4.79 Å². The van der Waals surface area contributed by atoms with Gasteiger partial charge in [-0.1, -0.05) is 74.7 Å². The lowest BCUT2D eigenvalue weighted by molar-refractivity contribution is 0.461. The molecule has 0 aliphatic heterocycles. The molecule has 0 atom stereocenters. The molecule has 0 saturated carbocycles. The third-order valence-corrected chi connectivity index (χ3v) is 20.3. The van der Waals surface area contributed by atoms with Gasteiger partial charge >= 0.3 is 0 Å². The zero-order chi connectivity index (χ0) is 15.9. The first-order chi connectivity index (χ1) is 8.14. The number of hydrogen-bond acceptors (Lipinski definition) is 1. The fourth-order valence-electron chi connectivity index (χ4n) is 2.46. The maximum Gasteiger partial charge on any atom is 0.114 e. The van der Waals surface area contributed by atoms with Gasteiger partial charge in [-0.05, 0) is 20.8 Å². The second-order valence-corrected chi connectivity index (χ2v) is 19.6. The molecule has 0 saturated heterocycles. The fraction of sp³-hybridized carbons (Fsp3) is 0.875. The van der Waals surface area contributed by atoms with Crippen LogP contribution in [0.2, 0.25) is 36.3 Å². The average molecular weight is 299 g/mol. The van der Waals surface area contributed by atoms with Crippen LogP contribution in [0.15, 0.2) is 4.82 Å². The zero-order valence-corrected chi connectivity index (χ0v) is 17.0. The molecule has 0 bridgehead atoms. The van der Waals surface area contributed by atoms with Crippen LogP contribution in [0.3, 0.4) is 0 Å². The summed E-state index contributed by atoms with van der Waals surface area (Å²) >= 11 is 0. The summed E-state index contributed by atoms with van der Waals surface area (Å²) in [6, 6.07) is 0. The maximum absolute atomic E-state index is 11.8. The number of carbonyl (C=O) groups excluding carboxylic acids is 1. The molecule has 0 amide bonds. The van der Waals surface area contributed by atoms with Crippen LogP contribution in [-0.4, -0.2) is 22.1 Å². The van der Waals surface area contributed by atoms with Gasteiger partial charge in [0.15, 0.2) is 0 Å². The summed E-state index contributed by atoms with van der Waals surface area (Å²) in [5.41, 5.74) is 0. The largest absolute Gasteiger partial charge is 0.234 e. The summed E-state index contributed by atoms with van der Waals surface area (Å²) in [4.78, 5) is 13.0. The van der Waals surface area contributed by atoms with Gasteiger partial charge in [0.05, 0.1) is 16.1 Å². The summed E-state index contributed by atoms with van der Waals surface area (Å²) in [7, 11) is -3.58. The lowest BCUT2D eigenvalue weighted by Crippen LogP contribution is -2.55. The highest BCUT2D eigenvalue weighted by molar-refractivity contribution is 7.09. The molecule has 0 aromatic rings. The predicted molar refractivity (Wildman–Crippen MR) is 92.8 cm³/mol. The Hall–Kier alpha value is -0.116. The molecule has 0 rings (SSSR count). The van der Waals surface area contributed by atoms with Gasteiger partial charge in [-0.3, -0.25) is 0 Å². The zero-order valence-electron chi connectivity index (χ0n) is 15.0. The van der Waals surface area contributed by atoms with E-state index in [1.165, 1.54) is 4.82 Å². The Morgan fingerprint density at radius 3 is 1.47 bits per heavy atom. The Morgan fingerprint density at radius 2 is 1.26 bits per heavy atom. The minimum absolute atomic E-state index is 0.205. The first-order valence-corrected chi connectivity index (χ1v) is 13.4. The van der Waals surface area contributed by atoms with E-state index in [0.29, 0.717) is 5.92 Å². The van der Waals surface area contributed by atoms with Crippen molar-refractivity contribution < 1.29 is 4.79 Å². The molecule has 1 nitrogen and oxygen atoms in total. The summed E-state index contributed by atoms with van der Waals surface area (Å²) in [5, 5.41) is 0.423. The Balaban J connectivity index is 5.98. The monoisotopic (exact) mass is 298 g/mol. The molecule has 0 radical (unpaired) electrons.